The quantitative estimate of drug-likeness (QED) is 0.322. The fourth-order valence-electron chi connectivity index (χ4n) is 0. The molecular weight excluding hydrogens is 102 g/mol. The second-order valence-corrected chi connectivity index (χ2v) is 0.338. The van der Waals surface area contributed by atoms with Crippen molar-refractivity contribution in [3.8, 4) is 0 Å². The molecule has 0 atom stereocenters. The van der Waals surface area contributed by atoms with Crippen molar-refractivity contribution in [1.82, 2.24) is 0 Å². The molecule has 0 amide bonds. The van der Waals surface area contributed by atoms with Crippen LogP contribution in [0.2, 0.25) is 0 Å². The van der Waals surface area contributed by atoms with Gasteiger partial charge in [-0.1, -0.05) is 0 Å². The predicted octanol–water partition coefficient (Wildman–Crippen LogP) is -1.27. The highest BCUT2D eigenvalue weighted by atomic mass is 16.6. The van der Waals surface area contributed by atoms with Gasteiger partial charge < -0.3 is 9.94 Å². The van der Waals surface area contributed by atoms with Gasteiger partial charge in [0.1, 0.15) is 0 Å². The molecule has 0 saturated heterocycles. The van der Waals surface area contributed by atoms with E-state index < -0.39 is 0 Å². The van der Waals surface area contributed by atoms with Crippen LogP contribution < -0.4 is 5.90 Å². The molecule has 5 heteroatoms. The van der Waals surface area contributed by atoms with Gasteiger partial charge in [-0.25, -0.2) is 0 Å². The zero-order valence-corrected chi connectivity index (χ0v) is 3.40. The molecule has 42 valence electrons. The number of hydrogen-bond acceptors (Lipinski definition) is 4. The Morgan fingerprint density at radius 2 is 1.71 bits per heavy atom. The fourth-order valence-corrected chi connectivity index (χ4v) is 0. The lowest BCUT2D eigenvalue weighted by Crippen LogP contribution is -1.92. The standard InChI is InChI=1S/CH3NO2.CH2O2/c2-4-1-3;2-1-3/h1H,2H2;1H,(H,2,3). The zero-order valence-electron chi connectivity index (χ0n) is 3.40. The summed E-state index contributed by atoms with van der Waals surface area (Å²) in [5, 5.41) is 6.89. The minimum Gasteiger partial charge on any atom is -0.483 e. The van der Waals surface area contributed by atoms with Gasteiger partial charge in [-0.2, -0.15) is 5.90 Å². The summed E-state index contributed by atoms with van der Waals surface area (Å²) in [5.74, 6) is 4.16. The van der Waals surface area contributed by atoms with E-state index in [0.29, 0.717) is 0 Å². The van der Waals surface area contributed by atoms with Crippen molar-refractivity contribution in [1.29, 1.82) is 0 Å². The third kappa shape index (κ3) is 4120. The number of nitrogens with two attached hydrogens (primary N) is 1. The average Bonchev–Trinajstić information content (AvgIpc) is 1.69. The molecule has 0 radical (unpaired) electrons. The molecule has 0 heterocycles. The van der Waals surface area contributed by atoms with Crippen LogP contribution >= 0.6 is 0 Å². The molecule has 5 nitrogen and oxygen atoms in total. The van der Waals surface area contributed by atoms with E-state index >= 15 is 0 Å². The first kappa shape index (κ1) is 9.31. The Morgan fingerprint density at radius 3 is 1.71 bits per heavy atom. The van der Waals surface area contributed by atoms with E-state index in [1.807, 2.05) is 0 Å². The van der Waals surface area contributed by atoms with Gasteiger partial charge in [0.15, 0.2) is 0 Å². The van der Waals surface area contributed by atoms with Crippen molar-refractivity contribution in [3.63, 3.8) is 0 Å². The normalized spacial score (nSPS) is 4.71. The minimum absolute atomic E-state index is 0.153. The second kappa shape index (κ2) is 20.6. The Labute approximate surface area is 39.6 Å². The number of carbonyl (C=O) groups excluding carboxylic acids is 1. The lowest BCUT2D eigenvalue weighted by molar-refractivity contribution is -0.129. The predicted molar refractivity (Wildman–Crippen MR) is 20.0 cm³/mol. The summed E-state index contributed by atoms with van der Waals surface area (Å²) < 4.78 is 0. The molecule has 0 bridgehead atoms. The molecule has 0 rings (SSSR count). The summed E-state index contributed by atoms with van der Waals surface area (Å²) in [6, 6.07) is 0. The van der Waals surface area contributed by atoms with E-state index in [2.05, 4.69) is 10.7 Å². The summed E-state index contributed by atoms with van der Waals surface area (Å²) in [6.45, 7) is -0.0972. The molecular formula is C2H5NO4. The van der Waals surface area contributed by atoms with Gasteiger partial charge in [0, 0.05) is 0 Å². The van der Waals surface area contributed by atoms with Gasteiger partial charge in [0.25, 0.3) is 6.47 Å². The van der Waals surface area contributed by atoms with Crippen molar-refractivity contribution in [2.24, 2.45) is 5.90 Å². The first-order valence-corrected chi connectivity index (χ1v) is 1.20. The fraction of sp³-hybridized carbons (Fsp3) is 0. The topological polar surface area (TPSA) is 89.6 Å². The van der Waals surface area contributed by atoms with E-state index in [1.165, 1.54) is 0 Å². The van der Waals surface area contributed by atoms with Crippen molar-refractivity contribution in [2.45, 2.75) is 0 Å². The van der Waals surface area contributed by atoms with Gasteiger partial charge in [-0.15, -0.1) is 0 Å². The van der Waals surface area contributed by atoms with Crippen LogP contribution in [0.15, 0.2) is 0 Å². The van der Waals surface area contributed by atoms with Crippen molar-refractivity contribution in [2.75, 3.05) is 0 Å². The second-order valence-electron chi connectivity index (χ2n) is 0.338. The molecule has 7 heavy (non-hydrogen) atoms. The number of rotatable bonds is 1. The Morgan fingerprint density at radius 1 is 1.57 bits per heavy atom. The SMILES string of the molecule is NOC=O.O=CO. The molecule has 0 aliphatic heterocycles. The van der Waals surface area contributed by atoms with Gasteiger partial charge >= 0.3 is 6.47 Å². The highest BCUT2D eigenvalue weighted by Gasteiger charge is 1.44. The first-order chi connectivity index (χ1) is 3.33. The molecule has 0 aromatic heterocycles. The summed E-state index contributed by atoms with van der Waals surface area (Å²) in [4.78, 5) is 20.5. The highest BCUT2D eigenvalue weighted by Crippen LogP contribution is 1.24. The molecule has 0 aromatic rings. The van der Waals surface area contributed by atoms with Gasteiger partial charge in [0.05, 0.1) is 0 Å². The van der Waals surface area contributed by atoms with Crippen LogP contribution in [0.1, 0.15) is 0 Å². The third-order valence-corrected chi connectivity index (χ3v) is 0.0556. The maximum atomic E-state index is 8.83. The number of carbonyl (C=O) groups is 2. The molecule has 0 spiro atoms. The minimum atomic E-state index is -0.250. The van der Waals surface area contributed by atoms with Crippen LogP contribution in [-0.2, 0) is 14.4 Å². The Kier molecular flexibility index (Phi) is 27.5. The summed E-state index contributed by atoms with van der Waals surface area (Å²) >= 11 is 0. The van der Waals surface area contributed by atoms with Gasteiger partial charge in [-0.05, 0) is 0 Å². The summed E-state index contributed by atoms with van der Waals surface area (Å²) in [6.07, 6.45) is 0. The number of carboxylic acid groups (broad SMARTS) is 1. The van der Waals surface area contributed by atoms with Crippen LogP contribution in [0.4, 0.5) is 0 Å². The summed E-state index contributed by atoms with van der Waals surface area (Å²) in [5.41, 5.74) is 0. The van der Waals surface area contributed by atoms with E-state index in [9.17, 15) is 0 Å². The average molecular weight is 107 g/mol. The largest absolute Gasteiger partial charge is 0.483 e. The van der Waals surface area contributed by atoms with Crippen LogP contribution in [0.3, 0.4) is 0 Å². The van der Waals surface area contributed by atoms with Crippen LogP contribution in [0, 0.1) is 0 Å². The highest BCUT2D eigenvalue weighted by molar-refractivity contribution is 5.35. The van der Waals surface area contributed by atoms with E-state index in [4.69, 9.17) is 14.7 Å². The number of hydrogen-bond donors (Lipinski definition) is 2. The molecule has 3 N–H and O–H groups in total. The molecule has 0 fully saturated rings. The van der Waals surface area contributed by atoms with Gasteiger partial charge in [-0.3, -0.25) is 9.59 Å². The zero-order chi connectivity index (χ0) is 6.12. The monoisotopic (exact) mass is 107 g/mol. The van der Waals surface area contributed by atoms with Crippen molar-refractivity contribution >= 4 is 12.9 Å². The lowest BCUT2D eigenvalue weighted by Gasteiger charge is -1.66. The Hall–Kier alpha value is -1.10. The molecule has 0 aliphatic carbocycles. The van der Waals surface area contributed by atoms with Crippen LogP contribution in [0.5, 0.6) is 0 Å². The lowest BCUT2D eigenvalue weighted by atomic mass is 11.6. The first-order valence-electron chi connectivity index (χ1n) is 1.20. The van der Waals surface area contributed by atoms with Crippen molar-refractivity contribution < 1.29 is 19.5 Å². The molecule has 0 aromatic carbocycles. The van der Waals surface area contributed by atoms with Crippen molar-refractivity contribution in [3.05, 3.63) is 0 Å². The van der Waals surface area contributed by atoms with Crippen LogP contribution in [0.25, 0.3) is 0 Å². The third-order valence-electron chi connectivity index (χ3n) is 0.0556. The summed E-state index contributed by atoms with van der Waals surface area (Å²) in [7, 11) is 0. The van der Waals surface area contributed by atoms with E-state index in [-0.39, 0.29) is 12.9 Å². The van der Waals surface area contributed by atoms with Crippen LogP contribution in [-0.4, -0.2) is 18.1 Å². The molecule has 0 aliphatic rings. The molecule has 0 saturated carbocycles. The smallest absolute Gasteiger partial charge is 0.312 e. The Bertz CT molecular complexity index is 45.0. The van der Waals surface area contributed by atoms with E-state index in [0.717, 1.165) is 0 Å². The maximum Gasteiger partial charge on any atom is 0.312 e. The van der Waals surface area contributed by atoms with E-state index in [1.54, 1.807) is 0 Å². The maximum absolute atomic E-state index is 8.83. The molecule has 0 unspecified atom stereocenters. The Balaban J connectivity index is 0. The van der Waals surface area contributed by atoms with Gasteiger partial charge in [0.2, 0.25) is 0 Å².